The molecule has 0 radical (unpaired) electrons. The van der Waals surface area contributed by atoms with Crippen LogP contribution in [0.2, 0.25) is 0 Å². The minimum Gasteiger partial charge on any atom is -0.504 e. The molecule has 1 aromatic carbocycles. The van der Waals surface area contributed by atoms with Crippen LogP contribution in [-0.4, -0.2) is 26.2 Å². The van der Waals surface area contributed by atoms with Gasteiger partial charge in [0.25, 0.3) is 0 Å². The van der Waals surface area contributed by atoms with Gasteiger partial charge in [0, 0.05) is 5.41 Å². The lowest BCUT2D eigenvalue weighted by Crippen LogP contribution is -2.10. The second kappa shape index (κ2) is 6.29. The number of benzene rings is 1. The van der Waals surface area contributed by atoms with Gasteiger partial charge in [-0.15, -0.1) is 11.3 Å². The van der Waals surface area contributed by atoms with Crippen LogP contribution in [0, 0.1) is 0 Å². The van der Waals surface area contributed by atoms with Gasteiger partial charge in [-0.25, -0.2) is 14.8 Å². The quantitative estimate of drug-likeness (QED) is 0.720. The topological polar surface area (TPSA) is 83.3 Å². The second-order valence-electron chi connectivity index (χ2n) is 6.69. The van der Waals surface area contributed by atoms with E-state index < -0.39 is 5.97 Å². The minimum absolute atomic E-state index is 0.208. The molecule has 0 saturated heterocycles. The van der Waals surface area contributed by atoms with E-state index in [4.69, 9.17) is 0 Å². The molecule has 25 heavy (non-hydrogen) atoms. The van der Waals surface area contributed by atoms with Crippen molar-refractivity contribution in [3.63, 3.8) is 0 Å². The Morgan fingerprint density at radius 1 is 1.12 bits per heavy atom. The van der Waals surface area contributed by atoms with E-state index in [1.54, 1.807) is 6.08 Å². The van der Waals surface area contributed by atoms with Gasteiger partial charge >= 0.3 is 5.97 Å². The molecule has 0 aliphatic rings. The average molecular weight is 354 g/mol. The van der Waals surface area contributed by atoms with Crippen LogP contribution in [0.3, 0.4) is 0 Å². The molecule has 0 amide bonds. The third-order valence-corrected chi connectivity index (χ3v) is 5.11. The SMILES string of the molecule is CC(C)(C)c1nc2c(C=Cc3ccccc3)nc(C(=O)O)c(O)c2s1. The molecule has 2 aromatic heterocycles. The predicted octanol–water partition coefficient (Wildman–Crippen LogP) is 4.56. The van der Waals surface area contributed by atoms with Crippen molar-refractivity contribution in [2.24, 2.45) is 0 Å². The Kier molecular flexibility index (Phi) is 4.30. The summed E-state index contributed by atoms with van der Waals surface area (Å²) >= 11 is 1.30. The first-order valence-electron chi connectivity index (χ1n) is 7.78. The van der Waals surface area contributed by atoms with Crippen LogP contribution in [0.15, 0.2) is 30.3 Å². The number of rotatable bonds is 3. The van der Waals surface area contributed by atoms with Crippen LogP contribution in [0.25, 0.3) is 22.4 Å². The number of pyridine rings is 1. The van der Waals surface area contributed by atoms with E-state index in [0.717, 1.165) is 10.6 Å². The maximum absolute atomic E-state index is 11.4. The van der Waals surface area contributed by atoms with E-state index in [1.807, 2.05) is 57.2 Å². The van der Waals surface area contributed by atoms with Crippen molar-refractivity contribution in [1.29, 1.82) is 0 Å². The number of nitrogens with zero attached hydrogens (tertiary/aromatic N) is 2. The molecular formula is C19H18N2O3S. The van der Waals surface area contributed by atoms with Crippen molar-refractivity contribution < 1.29 is 15.0 Å². The van der Waals surface area contributed by atoms with Crippen LogP contribution in [0.1, 0.15) is 47.5 Å². The predicted molar refractivity (Wildman–Crippen MR) is 100 cm³/mol. The van der Waals surface area contributed by atoms with Crippen LogP contribution in [0.4, 0.5) is 0 Å². The molecule has 0 fully saturated rings. The third-order valence-electron chi connectivity index (χ3n) is 3.62. The van der Waals surface area contributed by atoms with Crippen LogP contribution >= 0.6 is 11.3 Å². The summed E-state index contributed by atoms with van der Waals surface area (Å²) in [4.78, 5) is 20.2. The zero-order chi connectivity index (χ0) is 18.2. The molecule has 0 spiro atoms. The van der Waals surface area contributed by atoms with Gasteiger partial charge in [0.1, 0.15) is 10.2 Å². The first kappa shape index (κ1) is 17.1. The molecule has 3 aromatic rings. The number of fused-ring (bicyclic) bond motifs is 1. The molecule has 3 rings (SSSR count). The molecule has 0 aliphatic carbocycles. The highest BCUT2D eigenvalue weighted by Crippen LogP contribution is 2.38. The van der Waals surface area contributed by atoms with Crippen molar-refractivity contribution in [2.75, 3.05) is 0 Å². The van der Waals surface area contributed by atoms with Gasteiger partial charge in [-0.1, -0.05) is 57.2 Å². The van der Waals surface area contributed by atoms with Gasteiger partial charge in [-0.3, -0.25) is 0 Å². The molecule has 128 valence electrons. The summed E-state index contributed by atoms with van der Waals surface area (Å²) < 4.78 is 0.449. The monoisotopic (exact) mass is 354 g/mol. The lowest BCUT2D eigenvalue weighted by molar-refractivity contribution is 0.0687. The summed E-state index contributed by atoms with van der Waals surface area (Å²) in [7, 11) is 0. The van der Waals surface area contributed by atoms with E-state index in [1.165, 1.54) is 11.3 Å². The Bertz CT molecular complexity index is 970. The standard InChI is InChI=1S/C19H18N2O3S/c1-19(2,3)18-21-13-12(10-9-11-7-5-4-6-8-11)20-14(17(23)24)15(22)16(13)25-18/h4-10,22H,1-3H3,(H,23,24). The highest BCUT2D eigenvalue weighted by Gasteiger charge is 2.25. The fourth-order valence-corrected chi connectivity index (χ4v) is 3.39. The van der Waals surface area contributed by atoms with Gasteiger partial charge in [0.15, 0.2) is 11.4 Å². The maximum atomic E-state index is 11.4. The zero-order valence-corrected chi connectivity index (χ0v) is 15.0. The van der Waals surface area contributed by atoms with Crippen LogP contribution in [-0.2, 0) is 5.41 Å². The highest BCUT2D eigenvalue weighted by atomic mass is 32.1. The summed E-state index contributed by atoms with van der Waals surface area (Å²) in [5.41, 5.74) is 1.35. The Labute approximate surface area is 149 Å². The molecule has 5 nitrogen and oxygen atoms in total. The van der Waals surface area contributed by atoms with E-state index in [0.29, 0.717) is 15.9 Å². The van der Waals surface area contributed by atoms with Gasteiger partial charge in [0.05, 0.1) is 10.7 Å². The first-order valence-corrected chi connectivity index (χ1v) is 8.59. The Morgan fingerprint density at radius 3 is 2.40 bits per heavy atom. The lowest BCUT2D eigenvalue weighted by Gasteiger charge is -2.13. The molecular weight excluding hydrogens is 336 g/mol. The number of carboxylic acids is 1. The first-order chi connectivity index (χ1) is 11.8. The summed E-state index contributed by atoms with van der Waals surface area (Å²) in [6, 6.07) is 9.64. The lowest BCUT2D eigenvalue weighted by atomic mass is 9.98. The zero-order valence-electron chi connectivity index (χ0n) is 14.1. The Balaban J connectivity index is 2.22. The molecule has 0 saturated carbocycles. The molecule has 0 aliphatic heterocycles. The van der Waals surface area contributed by atoms with E-state index >= 15 is 0 Å². The van der Waals surface area contributed by atoms with Crippen molar-refractivity contribution >= 4 is 39.7 Å². The third kappa shape index (κ3) is 3.39. The number of thiazole rings is 1. The molecule has 2 N–H and O–H groups in total. The Morgan fingerprint density at radius 2 is 1.80 bits per heavy atom. The molecule has 6 heteroatoms. The van der Waals surface area contributed by atoms with Crippen molar-refractivity contribution in [3.05, 3.63) is 52.3 Å². The van der Waals surface area contributed by atoms with Gasteiger partial charge in [0.2, 0.25) is 0 Å². The highest BCUT2D eigenvalue weighted by molar-refractivity contribution is 7.19. The summed E-state index contributed by atoms with van der Waals surface area (Å²) in [5.74, 6) is -1.59. The van der Waals surface area contributed by atoms with E-state index in [2.05, 4.69) is 9.97 Å². The molecule has 0 bridgehead atoms. The maximum Gasteiger partial charge on any atom is 0.358 e. The minimum atomic E-state index is -1.26. The Hall–Kier alpha value is -2.73. The number of aromatic hydroxyl groups is 1. The summed E-state index contributed by atoms with van der Waals surface area (Å²) in [5, 5.41) is 20.5. The number of aromatic nitrogens is 2. The number of carbonyl (C=O) groups is 1. The van der Waals surface area contributed by atoms with Crippen molar-refractivity contribution in [3.8, 4) is 5.75 Å². The smallest absolute Gasteiger partial charge is 0.358 e. The van der Waals surface area contributed by atoms with Gasteiger partial charge in [-0.2, -0.15) is 0 Å². The summed E-state index contributed by atoms with van der Waals surface area (Å²) in [6.45, 7) is 6.06. The number of hydrogen-bond acceptors (Lipinski definition) is 5. The molecule has 0 unspecified atom stereocenters. The molecule has 2 heterocycles. The fraction of sp³-hybridized carbons (Fsp3) is 0.211. The van der Waals surface area contributed by atoms with Crippen LogP contribution < -0.4 is 0 Å². The number of carboxylic acid groups (broad SMARTS) is 1. The average Bonchev–Trinajstić information content (AvgIpc) is 3.01. The molecule has 0 atom stereocenters. The largest absolute Gasteiger partial charge is 0.504 e. The van der Waals surface area contributed by atoms with Crippen molar-refractivity contribution in [1.82, 2.24) is 9.97 Å². The summed E-state index contributed by atoms with van der Waals surface area (Å²) in [6.07, 6.45) is 3.58. The normalized spacial score (nSPS) is 12.1. The number of hydrogen-bond donors (Lipinski definition) is 2. The second-order valence-corrected chi connectivity index (χ2v) is 7.69. The van der Waals surface area contributed by atoms with Crippen LogP contribution in [0.5, 0.6) is 5.75 Å². The van der Waals surface area contributed by atoms with Gasteiger partial charge in [-0.05, 0) is 11.6 Å². The van der Waals surface area contributed by atoms with Gasteiger partial charge < -0.3 is 10.2 Å². The fourth-order valence-electron chi connectivity index (χ4n) is 2.31. The number of aromatic carboxylic acids is 1. The van der Waals surface area contributed by atoms with E-state index in [-0.39, 0.29) is 16.9 Å². The van der Waals surface area contributed by atoms with E-state index in [9.17, 15) is 15.0 Å². The van der Waals surface area contributed by atoms with Crippen molar-refractivity contribution in [2.45, 2.75) is 26.2 Å².